The summed E-state index contributed by atoms with van der Waals surface area (Å²) in [5, 5.41) is 14.2. The van der Waals surface area contributed by atoms with Crippen LogP contribution >= 0.6 is 0 Å². The molecule has 0 saturated carbocycles. The normalized spacial score (nSPS) is 9.56. The number of hydrogen-bond acceptors (Lipinski definition) is 4. The molecule has 1 rings (SSSR count). The molecule has 1 aromatic rings. The van der Waals surface area contributed by atoms with Crippen LogP contribution in [0.25, 0.3) is 0 Å². The van der Waals surface area contributed by atoms with Crippen LogP contribution in [0.5, 0.6) is 5.75 Å². The molecule has 0 atom stereocenters. The fourth-order valence-electron chi connectivity index (χ4n) is 1.09. The number of amides is 2. The largest absolute Gasteiger partial charge is 0.508 e. The number of nitrogens with one attached hydrogen (secondary N) is 2. The second-order valence-corrected chi connectivity index (χ2v) is 3.23. The maximum absolute atomic E-state index is 11.2. The molecule has 2 amide bonds. The number of anilines is 1. The lowest BCUT2D eigenvalue weighted by molar-refractivity contribution is -0.129. The summed E-state index contributed by atoms with van der Waals surface area (Å²) in [6.07, 6.45) is 0.276. The lowest BCUT2D eigenvalue weighted by atomic mass is 10.3. The maximum Gasteiger partial charge on any atom is 0.245 e. The van der Waals surface area contributed by atoms with Crippen LogP contribution in [-0.4, -0.2) is 23.5 Å². The second kappa shape index (κ2) is 5.75. The molecule has 0 unspecified atom stereocenters. The number of phenolic OH excluding ortho intramolecular Hbond substituents is 1. The van der Waals surface area contributed by atoms with E-state index >= 15 is 0 Å². The van der Waals surface area contributed by atoms with Crippen molar-refractivity contribution in [2.75, 3.05) is 11.9 Å². The van der Waals surface area contributed by atoms with Crippen molar-refractivity contribution >= 4 is 17.5 Å². The number of carbonyl (C=O) groups excluding carboxylic acids is 2. The van der Waals surface area contributed by atoms with Gasteiger partial charge in [-0.15, -0.1) is 0 Å². The minimum Gasteiger partial charge on any atom is -0.508 e. The topological polar surface area (TPSA) is 78.4 Å². The van der Waals surface area contributed by atoms with E-state index in [2.05, 4.69) is 10.6 Å². The Labute approximate surface area is 93.5 Å². The number of rotatable bonds is 4. The minimum absolute atomic E-state index is 0.00477. The Hall–Kier alpha value is -2.04. The molecule has 0 saturated heterocycles. The van der Waals surface area contributed by atoms with E-state index in [1.165, 1.54) is 12.1 Å². The Morgan fingerprint density at radius 3 is 2.69 bits per heavy atom. The first kappa shape index (κ1) is 12.0. The molecule has 0 heterocycles. The Bertz CT molecular complexity index is 391. The van der Waals surface area contributed by atoms with Gasteiger partial charge in [0.25, 0.3) is 0 Å². The van der Waals surface area contributed by atoms with Gasteiger partial charge < -0.3 is 10.4 Å². The molecule has 5 nitrogen and oxygen atoms in total. The van der Waals surface area contributed by atoms with E-state index in [0.29, 0.717) is 5.69 Å². The predicted molar refractivity (Wildman–Crippen MR) is 60.0 cm³/mol. The summed E-state index contributed by atoms with van der Waals surface area (Å²) in [4.78, 5) is 22.1. The van der Waals surface area contributed by atoms with Gasteiger partial charge in [-0.25, -0.2) is 0 Å². The molecule has 5 heteroatoms. The molecule has 1 aromatic carbocycles. The molecule has 16 heavy (non-hydrogen) atoms. The van der Waals surface area contributed by atoms with Crippen LogP contribution in [0.15, 0.2) is 24.3 Å². The quantitative estimate of drug-likeness (QED) is 0.706. The van der Waals surface area contributed by atoms with Crippen molar-refractivity contribution < 1.29 is 14.7 Å². The predicted octanol–water partition coefficient (Wildman–Crippen LogP) is 0.857. The first-order valence-corrected chi connectivity index (χ1v) is 4.97. The van der Waals surface area contributed by atoms with Crippen LogP contribution in [-0.2, 0) is 9.59 Å². The molecule has 86 valence electrons. The average molecular weight is 222 g/mol. The van der Waals surface area contributed by atoms with Gasteiger partial charge in [-0.05, 0) is 12.1 Å². The Balaban J connectivity index is 2.40. The number of imide groups is 1. The van der Waals surface area contributed by atoms with E-state index in [4.69, 9.17) is 5.11 Å². The lowest BCUT2D eigenvalue weighted by Crippen LogP contribution is -2.34. The van der Waals surface area contributed by atoms with Crippen molar-refractivity contribution in [1.82, 2.24) is 5.32 Å². The fourth-order valence-corrected chi connectivity index (χ4v) is 1.09. The molecule has 0 bridgehead atoms. The molecule has 0 aliphatic carbocycles. The summed E-state index contributed by atoms with van der Waals surface area (Å²) in [5.41, 5.74) is 0.624. The summed E-state index contributed by atoms with van der Waals surface area (Å²) in [5.74, 6) is -0.576. The summed E-state index contributed by atoms with van der Waals surface area (Å²) >= 11 is 0. The molecule has 0 aromatic heterocycles. The third-order valence-corrected chi connectivity index (χ3v) is 1.90. The van der Waals surface area contributed by atoms with Crippen molar-refractivity contribution in [2.45, 2.75) is 13.3 Å². The third-order valence-electron chi connectivity index (χ3n) is 1.90. The van der Waals surface area contributed by atoms with E-state index in [1.54, 1.807) is 19.1 Å². The van der Waals surface area contributed by atoms with E-state index in [0.717, 1.165) is 0 Å². The van der Waals surface area contributed by atoms with Gasteiger partial charge in [-0.2, -0.15) is 0 Å². The Morgan fingerprint density at radius 2 is 2.06 bits per heavy atom. The SMILES string of the molecule is CCC(=O)NC(=O)CNc1cccc(O)c1. The van der Waals surface area contributed by atoms with Crippen LogP contribution in [0.4, 0.5) is 5.69 Å². The van der Waals surface area contributed by atoms with Crippen LogP contribution < -0.4 is 10.6 Å². The van der Waals surface area contributed by atoms with Crippen LogP contribution in [0.3, 0.4) is 0 Å². The number of aromatic hydroxyl groups is 1. The van der Waals surface area contributed by atoms with Gasteiger partial charge in [0.05, 0.1) is 6.54 Å². The van der Waals surface area contributed by atoms with Gasteiger partial charge in [-0.3, -0.25) is 14.9 Å². The third kappa shape index (κ3) is 4.00. The van der Waals surface area contributed by atoms with E-state index in [9.17, 15) is 9.59 Å². The highest BCUT2D eigenvalue weighted by Crippen LogP contribution is 2.14. The molecule has 0 aliphatic rings. The Kier molecular flexibility index (Phi) is 4.32. The number of phenols is 1. The highest BCUT2D eigenvalue weighted by Gasteiger charge is 2.05. The van der Waals surface area contributed by atoms with Gasteiger partial charge in [0.2, 0.25) is 11.8 Å². The van der Waals surface area contributed by atoms with E-state index in [-0.39, 0.29) is 24.6 Å². The molecular weight excluding hydrogens is 208 g/mol. The fraction of sp³-hybridized carbons (Fsp3) is 0.273. The first-order chi connectivity index (χ1) is 7.61. The molecular formula is C11H14N2O3. The maximum atomic E-state index is 11.2. The van der Waals surface area contributed by atoms with Crippen LogP contribution in [0, 0.1) is 0 Å². The van der Waals surface area contributed by atoms with Crippen molar-refractivity contribution in [3.8, 4) is 5.75 Å². The first-order valence-electron chi connectivity index (χ1n) is 4.97. The number of benzene rings is 1. The van der Waals surface area contributed by atoms with Crippen molar-refractivity contribution in [1.29, 1.82) is 0 Å². The van der Waals surface area contributed by atoms with Gasteiger partial charge in [0.15, 0.2) is 0 Å². The summed E-state index contributed by atoms with van der Waals surface area (Å²) in [6.45, 7) is 1.67. The minimum atomic E-state index is -0.393. The standard InChI is InChI=1S/C11H14N2O3/c1-2-10(15)13-11(16)7-12-8-4-3-5-9(14)6-8/h3-6,12,14H,2,7H2,1H3,(H,13,15,16). The number of hydrogen-bond donors (Lipinski definition) is 3. The zero-order valence-electron chi connectivity index (χ0n) is 8.99. The summed E-state index contributed by atoms with van der Waals surface area (Å²) in [7, 11) is 0. The summed E-state index contributed by atoms with van der Waals surface area (Å²) < 4.78 is 0. The van der Waals surface area contributed by atoms with Crippen molar-refractivity contribution in [3.63, 3.8) is 0 Å². The molecule has 0 aliphatic heterocycles. The zero-order chi connectivity index (χ0) is 12.0. The van der Waals surface area contributed by atoms with Gasteiger partial charge in [0.1, 0.15) is 5.75 Å². The van der Waals surface area contributed by atoms with Gasteiger partial charge in [-0.1, -0.05) is 13.0 Å². The van der Waals surface area contributed by atoms with Crippen LogP contribution in [0.1, 0.15) is 13.3 Å². The van der Waals surface area contributed by atoms with Crippen molar-refractivity contribution in [2.24, 2.45) is 0 Å². The second-order valence-electron chi connectivity index (χ2n) is 3.23. The highest BCUT2D eigenvalue weighted by molar-refractivity contribution is 5.96. The molecule has 0 fully saturated rings. The van der Waals surface area contributed by atoms with E-state index in [1.807, 2.05) is 0 Å². The smallest absolute Gasteiger partial charge is 0.245 e. The molecule has 0 spiro atoms. The monoisotopic (exact) mass is 222 g/mol. The number of carbonyl (C=O) groups is 2. The van der Waals surface area contributed by atoms with Crippen LogP contribution in [0.2, 0.25) is 0 Å². The van der Waals surface area contributed by atoms with Gasteiger partial charge in [0, 0.05) is 18.2 Å². The molecule has 0 radical (unpaired) electrons. The zero-order valence-corrected chi connectivity index (χ0v) is 8.99. The van der Waals surface area contributed by atoms with Crippen molar-refractivity contribution in [3.05, 3.63) is 24.3 Å². The van der Waals surface area contributed by atoms with Gasteiger partial charge >= 0.3 is 0 Å². The molecule has 3 N–H and O–H groups in total. The Morgan fingerprint density at radius 1 is 1.31 bits per heavy atom. The summed E-state index contributed by atoms with van der Waals surface area (Å²) in [6, 6.07) is 6.40. The lowest BCUT2D eigenvalue weighted by Gasteiger charge is -2.06. The average Bonchev–Trinajstić information content (AvgIpc) is 2.26. The highest BCUT2D eigenvalue weighted by atomic mass is 16.3. The van der Waals surface area contributed by atoms with E-state index < -0.39 is 5.91 Å².